The van der Waals surface area contributed by atoms with Crippen molar-refractivity contribution in [2.45, 2.75) is 26.8 Å². The van der Waals surface area contributed by atoms with Crippen molar-refractivity contribution in [1.82, 2.24) is 0 Å². The van der Waals surface area contributed by atoms with Crippen LogP contribution in [0.3, 0.4) is 0 Å². The molecule has 0 aliphatic carbocycles. The number of non-ortho nitro benzene ring substituents is 1. The second kappa shape index (κ2) is 5.44. The van der Waals surface area contributed by atoms with Gasteiger partial charge in [-0.2, -0.15) is 0 Å². The van der Waals surface area contributed by atoms with Crippen molar-refractivity contribution in [1.29, 1.82) is 0 Å². The van der Waals surface area contributed by atoms with Crippen LogP contribution < -0.4 is 5.32 Å². The van der Waals surface area contributed by atoms with Crippen LogP contribution in [0.15, 0.2) is 18.2 Å². The summed E-state index contributed by atoms with van der Waals surface area (Å²) in [6.45, 7) is 5.86. The molecule has 0 heterocycles. The zero-order valence-electron chi connectivity index (χ0n) is 10.4. The molecule has 0 aromatic heterocycles. The van der Waals surface area contributed by atoms with Gasteiger partial charge in [-0.05, 0) is 18.9 Å². The summed E-state index contributed by atoms with van der Waals surface area (Å²) in [5.41, 5.74) is -0.270. The Balaban J connectivity index is 3.12. The van der Waals surface area contributed by atoms with Gasteiger partial charge in [0.05, 0.1) is 15.9 Å². The molecule has 98 valence electrons. The molecule has 0 aliphatic rings. The van der Waals surface area contributed by atoms with Crippen LogP contribution in [-0.4, -0.2) is 15.9 Å². The van der Waals surface area contributed by atoms with E-state index in [-0.39, 0.29) is 17.4 Å². The first-order valence-corrected chi connectivity index (χ1v) is 5.52. The molecule has 0 saturated heterocycles. The third-order valence-electron chi connectivity index (χ3n) is 2.77. The Labute approximate surface area is 104 Å². The lowest BCUT2D eigenvalue weighted by Crippen LogP contribution is -2.22. The fraction of sp³-hybridized carbons (Fsp3) is 0.455. The Morgan fingerprint density at radius 2 is 1.72 bits per heavy atom. The van der Waals surface area contributed by atoms with Gasteiger partial charge < -0.3 is 5.32 Å². The average Bonchev–Trinajstić information content (AvgIpc) is 2.28. The van der Waals surface area contributed by atoms with Crippen molar-refractivity contribution in [3.8, 4) is 0 Å². The van der Waals surface area contributed by atoms with Crippen molar-refractivity contribution in [3.63, 3.8) is 0 Å². The number of benzene rings is 1. The first-order valence-electron chi connectivity index (χ1n) is 5.52. The summed E-state index contributed by atoms with van der Waals surface area (Å²) in [5.74, 6) is 0.291. The molecule has 1 rings (SSSR count). The highest BCUT2D eigenvalue weighted by molar-refractivity contribution is 5.65. The van der Waals surface area contributed by atoms with Crippen LogP contribution >= 0.6 is 0 Å². The normalized spacial score (nSPS) is 12.2. The van der Waals surface area contributed by atoms with Gasteiger partial charge in [-0.15, -0.1) is 0 Å². The predicted molar refractivity (Wildman–Crippen MR) is 67.7 cm³/mol. The van der Waals surface area contributed by atoms with Crippen LogP contribution in [0, 0.1) is 26.1 Å². The van der Waals surface area contributed by atoms with Gasteiger partial charge >= 0.3 is 0 Å². The highest BCUT2D eigenvalue weighted by atomic mass is 16.6. The molecule has 0 fully saturated rings. The smallest absolute Gasteiger partial charge is 0.299 e. The minimum Gasteiger partial charge on any atom is -0.377 e. The van der Waals surface area contributed by atoms with Crippen molar-refractivity contribution < 1.29 is 9.85 Å². The quantitative estimate of drug-likeness (QED) is 0.642. The molecule has 0 spiro atoms. The Morgan fingerprint density at radius 3 is 2.17 bits per heavy atom. The van der Waals surface area contributed by atoms with Crippen LogP contribution in [0.1, 0.15) is 20.8 Å². The lowest BCUT2D eigenvalue weighted by molar-refractivity contribution is -0.393. The first kappa shape index (κ1) is 13.9. The molecule has 1 atom stereocenters. The molecule has 0 bridgehead atoms. The maximum absolute atomic E-state index is 10.9. The lowest BCUT2D eigenvalue weighted by atomic mass is 10.1. The highest BCUT2D eigenvalue weighted by Gasteiger charge is 2.20. The summed E-state index contributed by atoms with van der Waals surface area (Å²) in [6.07, 6.45) is 0. The monoisotopic (exact) mass is 253 g/mol. The summed E-state index contributed by atoms with van der Waals surface area (Å²) in [5, 5.41) is 24.5. The number of anilines is 1. The second-order valence-electron chi connectivity index (χ2n) is 4.39. The number of nitrogens with one attached hydrogen (secondary N) is 1. The van der Waals surface area contributed by atoms with Gasteiger partial charge in [-0.3, -0.25) is 20.2 Å². The van der Waals surface area contributed by atoms with Crippen molar-refractivity contribution >= 4 is 17.1 Å². The van der Waals surface area contributed by atoms with Crippen molar-refractivity contribution in [3.05, 3.63) is 38.4 Å². The zero-order valence-corrected chi connectivity index (χ0v) is 10.4. The van der Waals surface area contributed by atoms with E-state index < -0.39 is 9.85 Å². The van der Waals surface area contributed by atoms with Crippen LogP contribution in [-0.2, 0) is 0 Å². The van der Waals surface area contributed by atoms with E-state index in [9.17, 15) is 20.2 Å². The summed E-state index contributed by atoms with van der Waals surface area (Å²) < 4.78 is 0. The third kappa shape index (κ3) is 3.16. The molecule has 0 saturated carbocycles. The minimum atomic E-state index is -0.650. The topological polar surface area (TPSA) is 98.3 Å². The van der Waals surface area contributed by atoms with Gasteiger partial charge in [0, 0.05) is 12.1 Å². The summed E-state index contributed by atoms with van der Waals surface area (Å²) >= 11 is 0. The van der Waals surface area contributed by atoms with E-state index in [1.54, 1.807) is 0 Å². The first-order chi connectivity index (χ1) is 8.32. The zero-order chi connectivity index (χ0) is 13.9. The van der Waals surface area contributed by atoms with E-state index in [0.717, 1.165) is 6.07 Å². The molecule has 18 heavy (non-hydrogen) atoms. The van der Waals surface area contributed by atoms with Crippen LogP contribution in [0.2, 0.25) is 0 Å². The number of nitrogens with zero attached hydrogens (tertiary/aromatic N) is 2. The number of rotatable bonds is 5. The predicted octanol–water partition coefficient (Wildman–Crippen LogP) is 2.96. The Morgan fingerprint density at radius 1 is 1.11 bits per heavy atom. The largest absolute Gasteiger partial charge is 0.377 e. The molecule has 0 radical (unpaired) electrons. The highest BCUT2D eigenvalue weighted by Crippen LogP contribution is 2.29. The number of hydrogen-bond donors (Lipinski definition) is 1. The van der Waals surface area contributed by atoms with Gasteiger partial charge in [-0.1, -0.05) is 13.8 Å². The Kier molecular flexibility index (Phi) is 4.19. The average molecular weight is 253 g/mol. The van der Waals surface area contributed by atoms with Gasteiger partial charge in [-0.25, -0.2) is 0 Å². The van der Waals surface area contributed by atoms with E-state index >= 15 is 0 Å². The molecule has 0 amide bonds. The summed E-state index contributed by atoms with van der Waals surface area (Å²) in [7, 11) is 0. The Bertz CT molecular complexity index is 473. The maximum Gasteiger partial charge on any atom is 0.299 e. The molecule has 0 unspecified atom stereocenters. The van der Waals surface area contributed by atoms with E-state index in [1.165, 1.54) is 12.1 Å². The van der Waals surface area contributed by atoms with Gasteiger partial charge in [0.1, 0.15) is 5.69 Å². The van der Waals surface area contributed by atoms with Crippen LogP contribution in [0.25, 0.3) is 0 Å². The fourth-order valence-electron chi connectivity index (χ4n) is 1.32. The summed E-state index contributed by atoms with van der Waals surface area (Å²) in [4.78, 5) is 20.2. The number of nitro benzene ring substituents is 2. The standard InChI is InChI=1S/C11H15N3O4/c1-7(2)8(3)12-10-5-4-9(13(15)16)6-11(10)14(17)18/h4-8,12H,1-3H3/t8-/m0/s1. The lowest BCUT2D eigenvalue weighted by Gasteiger charge is -2.18. The maximum atomic E-state index is 10.9. The van der Waals surface area contributed by atoms with Crippen molar-refractivity contribution in [2.75, 3.05) is 5.32 Å². The van der Waals surface area contributed by atoms with Crippen LogP contribution in [0.5, 0.6) is 0 Å². The van der Waals surface area contributed by atoms with E-state index in [0.29, 0.717) is 11.6 Å². The van der Waals surface area contributed by atoms with Gasteiger partial charge in [0.25, 0.3) is 11.4 Å². The fourth-order valence-corrected chi connectivity index (χ4v) is 1.32. The van der Waals surface area contributed by atoms with E-state index in [4.69, 9.17) is 0 Å². The molecule has 1 aromatic carbocycles. The van der Waals surface area contributed by atoms with E-state index in [1.807, 2.05) is 20.8 Å². The van der Waals surface area contributed by atoms with Crippen LogP contribution in [0.4, 0.5) is 17.1 Å². The molecule has 0 aliphatic heterocycles. The third-order valence-corrected chi connectivity index (χ3v) is 2.77. The Hall–Kier alpha value is -2.18. The van der Waals surface area contributed by atoms with E-state index in [2.05, 4.69) is 5.32 Å². The van der Waals surface area contributed by atoms with Crippen molar-refractivity contribution in [2.24, 2.45) is 5.92 Å². The number of hydrogen-bond acceptors (Lipinski definition) is 5. The minimum absolute atomic E-state index is 0.0326. The molecular weight excluding hydrogens is 238 g/mol. The molecule has 1 N–H and O–H groups in total. The molecule has 7 nitrogen and oxygen atoms in total. The SMILES string of the molecule is CC(C)[C@H](C)Nc1ccc([N+](=O)[O-])cc1[N+](=O)[O-]. The molecular formula is C11H15N3O4. The number of nitro groups is 2. The van der Waals surface area contributed by atoms with Gasteiger partial charge in [0.2, 0.25) is 0 Å². The molecule has 7 heteroatoms. The second-order valence-corrected chi connectivity index (χ2v) is 4.39. The van der Waals surface area contributed by atoms with Gasteiger partial charge in [0.15, 0.2) is 0 Å². The summed E-state index contributed by atoms with van der Waals surface area (Å²) in [6, 6.07) is 3.62. The molecule has 1 aromatic rings.